The van der Waals surface area contributed by atoms with Crippen molar-refractivity contribution in [2.24, 2.45) is 5.92 Å². The normalized spacial score (nSPS) is 12.8. The maximum absolute atomic E-state index is 14.8. The Labute approximate surface area is 355 Å². The monoisotopic (exact) mass is 858 g/mol. The van der Waals surface area contributed by atoms with E-state index in [0.29, 0.717) is 24.7 Å². The molecule has 11 heteroatoms. The van der Waals surface area contributed by atoms with E-state index in [2.05, 4.69) is 6.92 Å². The van der Waals surface area contributed by atoms with Crippen LogP contribution in [-0.2, 0) is 0 Å². The van der Waals surface area contributed by atoms with Crippen LogP contribution >= 0.6 is 0 Å². The highest BCUT2D eigenvalue weighted by atomic mass is 19.2. The van der Waals surface area contributed by atoms with Gasteiger partial charge in [-0.3, -0.25) is 0 Å². The summed E-state index contributed by atoms with van der Waals surface area (Å²) in [7, 11) is 0. The average Bonchev–Trinajstić information content (AvgIpc) is 3.27. The summed E-state index contributed by atoms with van der Waals surface area (Å²) in [5.41, 5.74) is -1.77. The fourth-order valence-corrected chi connectivity index (χ4v) is 7.09. The summed E-state index contributed by atoms with van der Waals surface area (Å²) in [6.45, 7) is 6.32. The summed E-state index contributed by atoms with van der Waals surface area (Å²) in [6, 6.07) is 15.7. The van der Waals surface area contributed by atoms with Gasteiger partial charge in [0.05, 0.1) is 30.9 Å². The fraction of sp³-hybridized carbons (Fsp3) is 0.440. The van der Waals surface area contributed by atoms with Crippen LogP contribution in [0.3, 0.4) is 0 Å². The maximum atomic E-state index is 14.8. The molecule has 0 heterocycles. The van der Waals surface area contributed by atoms with Crippen LogP contribution < -0.4 is 14.2 Å². The van der Waals surface area contributed by atoms with Crippen molar-refractivity contribution in [1.29, 1.82) is 0 Å². The summed E-state index contributed by atoms with van der Waals surface area (Å²) in [6.07, 6.45) is 17.0. The summed E-state index contributed by atoms with van der Waals surface area (Å²) in [4.78, 5) is 0. The molecular formula is C50H58F8O3. The van der Waals surface area contributed by atoms with Crippen LogP contribution in [0.2, 0.25) is 0 Å². The van der Waals surface area contributed by atoms with E-state index in [9.17, 15) is 35.1 Å². The van der Waals surface area contributed by atoms with Crippen molar-refractivity contribution in [3.63, 3.8) is 0 Å². The van der Waals surface area contributed by atoms with Gasteiger partial charge < -0.3 is 14.2 Å². The first-order chi connectivity index (χ1) is 29.5. The van der Waals surface area contributed by atoms with Crippen LogP contribution in [0.4, 0.5) is 35.1 Å². The van der Waals surface area contributed by atoms with Crippen molar-refractivity contribution in [3.05, 3.63) is 124 Å². The molecule has 0 spiro atoms. The smallest absolute Gasteiger partial charge is 0.201 e. The first kappa shape index (κ1) is 48.9. The van der Waals surface area contributed by atoms with Crippen LogP contribution in [0, 0.1) is 36.1 Å². The highest BCUT2D eigenvalue weighted by molar-refractivity contribution is 5.84. The van der Waals surface area contributed by atoms with Gasteiger partial charge in [0.25, 0.3) is 0 Å². The Balaban J connectivity index is 0.992. The van der Waals surface area contributed by atoms with Crippen molar-refractivity contribution in [2.45, 2.75) is 117 Å². The maximum Gasteiger partial charge on any atom is 0.201 e. The highest BCUT2D eigenvalue weighted by Crippen LogP contribution is 2.35. The van der Waals surface area contributed by atoms with E-state index in [4.69, 9.17) is 14.2 Å². The largest absolute Gasteiger partial charge is 0.494 e. The van der Waals surface area contributed by atoms with Crippen LogP contribution in [-0.4, -0.2) is 19.8 Å². The quantitative estimate of drug-likeness (QED) is 0.0340. The van der Waals surface area contributed by atoms with Crippen molar-refractivity contribution in [1.82, 2.24) is 0 Å². The van der Waals surface area contributed by atoms with Crippen LogP contribution in [0.15, 0.2) is 72.8 Å². The molecule has 0 N–H and O–H groups in total. The number of halogens is 8. The molecule has 0 aliphatic rings. The zero-order chi connectivity index (χ0) is 44.1. The second-order valence-corrected chi connectivity index (χ2v) is 15.3. The number of hydrogen-bond donors (Lipinski definition) is 0. The lowest BCUT2D eigenvalue weighted by molar-refractivity contribution is 0.303. The third-order valence-corrected chi connectivity index (χ3v) is 10.8. The Morgan fingerprint density at radius 1 is 0.443 bits per heavy atom. The summed E-state index contributed by atoms with van der Waals surface area (Å²) >= 11 is 0. The van der Waals surface area contributed by atoms with E-state index in [1.165, 1.54) is 119 Å². The predicted molar refractivity (Wildman–Crippen MR) is 229 cm³/mol. The molecule has 4 aromatic rings. The topological polar surface area (TPSA) is 27.7 Å². The molecule has 61 heavy (non-hydrogen) atoms. The Hall–Kier alpha value is -4.80. The minimum absolute atomic E-state index is 0.00935. The lowest BCUT2D eigenvalue weighted by Crippen LogP contribution is -2.00. The number of ether oxygens (including phenoxy) is 3. The minimum atomic E-state index is -1.51. The number of rotatable bonds is 27. The van der Waals surface area contributed by atoms with Crippen LogP contribution in [0.1, 0.15) is 138 Å². The van der Waals surface area contributed by atoms with Gasteiger partial charge in [-0.25, -0.2) is 30.7 Å². The van der Waals surface area contributed by atoms with Gasteiger partial charge in [0, 0.05) is 11.1 Å². The zero-order valence-electron chi connectivity index (χ0n) is 35.5. The summed E-state index contributed by atoms with van der Waals surface area (Å²) in [5, 5.41) is 0. The van der Waals surface area contributed by atoms with Gasteiger partial charge in [0.15, 0.2) is 46.5 Å². The third-order valence-electron chi connectivity index (χ3n) is 10.8. The Morgan fingerprint density at radius 2 is 0.852 bits per heavy atom. The van der Waals surface area contributed by atoms with Gasteiger partial charge in [-0.2, -0.15) is 4.39 Å². The zero-order valence-corrected chi connectivity index (χ0v) is 35.5. The number of hydrogen-bond acceptors (Lipinski definition) is 3. The van der Waals surface area contributed by atoms with Gasteiger partial charge in [-0.05, 0) is 105 Å². The lowest BCUT2D eigenvalue weighted by Gasteiger charge is -2.14. The SMILES string of the molecule is CCOc1ccc(/C(F)=C(\F)c2ccc(OCCCCCCCCC(CC)CCCCCCCCOc3ccc(/C(F)=C(\F)c4ccc(C)c(F)c4F)cc3)cc2)c(F)c1F. The molecule has 0 radical (unpaired) electrons. The predicted octanol–water partition coefficient (Wildman–Crippen LogP) is 16.4. The van der Waals surface area contributed by atoms with Crippen LogP contribution in [0.25, 0.3) is 23.3 Å². The molecule has 4 aromatic carbocycles. The molecule has 0 saturated heterocycles. The lowest BCUT2D eigenvalue weighted by atomic mass is 9.92. The fourth-order valence-electron chi connectivity index (χ4n) is 7.09. The molecular weight excluding hydrogens is 801 g/mol. The molecule has 1 atom stereocenters. The molecule has 1 unspecified atom stereocenters. The molecule has 0 bridgehead atoms. The molecule has 332 valence electrons. The van der Waals surface area contributed by atoms with E-state index < -0.39 is 57.7 Å². The van der Waals surface area contributed by atoms with Crippen molar-refractivity contribution in [2.75, 3.05) is 19.8 Å². The van der Waals surface area contributed by atoms with Gasteiger partial charge in [-0.1, -0.05) is 96.5 Å². The van der Waals surface area contributed by atoms with Crippen molar-refractivity contribution < 1.29 is 49.3 Å². The molecule has 0 saturated carbocycles. The molecule has 0 aliphatic heterocycles. The van der Waals surface area contributed by atoms with E-state index in [0.717, 1.165) is 62.6 Å². The highest BCUT2D eigenvalue weighted by Gasteiger charge is 2.22. The second kappa shape index (κ2) is 25.9. The first-order valence-corrected chi connectivity index (χ1v) is 21.6. The van der Waals surface area contributed by atoms with Crippen LogP contribution in [0.5, 0.6) is 17.2 Å². The van der Waals surface area contributed by atoms with E-state index in [1.54, 1.807) is 6.92 Å². The van der Waals surface area contributed by atoms with Crippen molar-refractivity contribution >= 4 is 23.3 Å². The number of benzene rings is 4. The van der Waals surface area contributed by atoms with E-state index >= 15 is 0 Å². The molecule has 0 aliphatic carbocycles. The van der Waals surface area contributed by atoms with Crippen molar-refractivity contribution in [3.8, 4) is 17.2 Å². The molecule has 0 aromatic heterocycles. The van der Waals surface area contributed by atoms with Gasteiger partial charge in [0.1, 0.15) is 11.5 Å². The van der Waals surface area contributed by atoms with E-state index in [-0.39, 0.29) is 29.0 Å². The Morgan fingerprint density at radius 3 is 1.30 bits per heavy atom. The number of unbranched alkanes of at least 4 members (excludes halogenated alkanes) is 10. The Kier molecular flexibility index (Phi) is 20.7. The van der Waals surface area contributed by atoms with Gasteiger partial charge in [-0.15, -0.1) is 0 Å². The summed E-state index contributed by atoms with van der Waals surface area (Å²) in [5.74, 6) is -9.61. The summed E-state index contributed by atoms with van der Waals surface area (Å²) < 4.78 is 132. The third kappa shape index (κ3) is 15.0. The van der Waals surface area contributed by atoms with Gasteiger partial charge >= 0.3 is 0 Å². The molecule has 4 rings (SSSR count). The molecule has 0 amide bonds. The number of aryl methyl sites for hydroxylation is 1. The standard InChI is InChI=1S/C50H58F8O3/c1-4-35(18-14-10-6-8-12-16-32-60-38-25-21-36(22-26-38)44(52)47(55)40-29-20-34(3)43(51)46(40)54)19-15-11-7-9-13-17-33-61-39-27-23-37(24-28-39)45(53)48(56)41-30-31-42(59-5-2)50(58)49(41)57/h20-31,35H,4-19,32-33H2,1-3H3/b47-44+,48-45+. The molecule has 3 nitrogen and oxygen atoms in total. The first-order valence-electron chi connectivity index (χ1n) is 21.6. The van der Waals surface area contributed by atoms with E-state index in [1.807, 2.05) is 0 Å². The Bertz CT molecular complexity index is 2010. The average molecular weight is 859 g/mol. The minimum Gasteiger partial charge on any atom is -0.494 e. The molecule has 0 fully saturated rings. The second-order valence-electron chi connectivity index (χ2n) is 15.3. The van der Waals surface area contributed by atoms with Gasteiger partial charge in [0.2, 0.25) is 5.82 Å².